The summed E-state index contributed by atoms with van der Waals surface area (Å²) in [4.78, 5) is 21.1. The molecule has 0 atom stereocenters. The van der Waals surface area contributed by atoms with Crippen molar-refractivity contribution in [1.29, 1.82) is 0 Å². The maximum Gasteiger partial charge on any atom is 0.227 e. The van der Waals surface area contributed by atoms with Gasteiger partial charge in [0.25, 0.3) is 0 Å². The average molecular weight is 323 g/mol. The second-order valence-electron chi connectivity index (χ2n) is 6.27. The van der Waals surface area contributed by atoms with Gasteiger partial charge >= 0.3 is 0 Å². The number of nitrogens with zero attached hydrogens (tertiary/aromatic N) is 3. The fourth-order valence-electron chi connectivity index (χ4n) is 3.33. The molecule has 2 aliphatic rings. The van der Waals surface area contributed by atoms with Crippen molar-refractivity contribution in [2.75, 3.05) is 37.7 Å². The van der Waals surface area contributed by atoms with E-state index in [1.54, 1.807) is 0 Å². The minimum Gasteiger partial charge on any atom is -0.493 e. The van der Waals surface area contributed by atoms with E-state index in [0.29, 0.717) is 6.42 Å². The highest BCUT2D eigenvalue weighted by Gasteiger charge is 2.22. The summed E-state index contributed by atoms with van der Waals surface area (Å²) in [7, 11) is 0. The van der Waals surface area contributed by atoms with Gasteiger partial charge in [-0.1, -0.05) is 18.2 Å². The van der Waals surface area contributed by atoms with Gasteiger partial charge in [0, 0.05) is 38.8 Å². The molecule has 2 aliphatic heterocycles. The van der Waals surface area contributed by atoms with Crippen LogP contribution in [-0.2, 0) is 17.6 Å². The smallest absolute Gasteiger partial charge is 0.227 e. The second kappa shape index (κ2) is 6.51. The number of carbonyl (C=O) groups is 1. The van der Waals surface area contributed by atoms with E-state index < -0.39 is 0 Å². The molecule has 0 aliphatic carbocycles. The number of amides is 1. The number of rotatable bonds is 3. The number of fused-ring (bicyclic) bond motifs is 1. The van der Waals surface area contributed by atoms with Gasteiger partial charge in [-0.15, -0.1) is 0 Å². The first-order valence-corrected chi connectivity index (χ1v) is 8.48. The minimum atomic E-state index is 0.189. The van der Waals surface area contributed by atoms with Crippen LogP contribution in [0.2, 0.25) is 0 Å². The molecule has 0 saturated carbocycles. The topological polar surface area (TPSA) is 45.7 Å². The maximum absolute atomic E-state index is 12.6. The van der Waals surface area contributed by atoms with E-state index in [0.717, 1.165) is 56.3 Å². The predicted octanol–water partition coefficient (Wildman–Crippen LogP) is 1.91. The number of piperazine rings is 1. The highest BCUT2D eigenvalue weighted by molar-refractivity contribution is 5.79. The highest BCUT2D eigenvalue weighted by Crippen LogP contribution is 2.26. The molecule has 0 unspecified atom stereocenters. The van der Waals surface area contributed by atoms with Crippen LogP contribution >= 0.6 is 0 Å². The molecule has 0 spiro atoms. The summed E-state index contributed by atoms with van der Waals surface area (Å²) in [6, 6.07) is 12.1. The number of carbonyl (C=O) groups excluding carboxylic acids is 1. The van der Waals surface area contributed by atoms with Crippen molar-refractivity contribution < 1.29 is 9.53 Å². The van der Waals surface area contributed by atoms with Crippen LogP contribution in [0, 0.1) is 0 Å². The van der Waals surface area contributed by atoms with E-state index in [1.165, 1.54) is 5.56 Å². The van der Waals surface area contributed by atoms with Gasteiger partial charge in [0.15, 0.2) is 0 Å². The zero-order valence-corrected chi connectivity index (χ0v) is 13.6. The van der Waals surface area contributed by atoms with Crippen LogP contribution in [0.1, 0.15) is 11.1 Å². The Morgan fingerprint density at radius 2 is 2.00 bits per heavy atom. The third kappa shape index (κ3) is 3.07. The molecule has 1 aromatic heterocycles. The van der Waals surface area contributed by atoms with Crippen LogP contribution in [0.15, 0.2) is 42.6 Å². The van der Waals surface area contributed by atoms with Crippen LogP contribution < -0.4 is 9.64 Å². The normalized spacial score (nSPS) is 16.7. The number of hydrogen-bond acceptors (Lipinski definition) is 4. The van der Waals surface area contributed by atoms with Crippen molar-refractivity contribution in [3.05, 3.63) is 53.7 Å². The summed E-state index contributed by atoms with van der Waals surface area (Å²) in [5.74, 6) is 2.12. The lowest BCUT2D eigenvalue weighted by Gasteiger charge is -2.35. The van der Waals surface area contributed by atoms with Crippen molar-refractivity contribution in [2.45, 2.75) is 12.8 Å². The quantitative estimate of drug-likeness (QED) is 0.866. The van der Waals surface area contributed by atoms with E-state index in [2.05, 4.69) is 22.0 Å². The Hall–Kier alpha value is -2.56. The minimum absolute atomic E-state index is 0.189. The first kappa shape index (κ1) is 15.0. The summed E-state index contributed by atoms with van der Waals surface area (Å²) < 4.78 is 5.59. The number of ether oxygens (including phenoxy) is 1. The molecule has 1 fully saturated rings. The van der Waals surface area contributed by atoms with Crippen LogP contribution in [-0.4, -0.2) is 48.6 Å². The van der Waals surface area contributed by atoms with Crippen LogP contribution in [0.4, 0.5) is 5.82 Å². The number of hydrogen-bond donors (Lipinski definition) is 0. The molecule has 124 valence electrons. The highest BCUT2D eigenvalue weighted by atomic mass is 16.5. The number of aromatic nitrogens is 1. The Labute approximate surface area is 141 Å². The molecular weight excluding hydrogens is 302 g/mol. The van der Waals surface area contributed by atoms with E-state index in [1.807, 2.05) is 35.4 Å². The molecular formula is C19H21N3O2. The zero-order chi connectivity index (χ0) is 16.4. The van der Waals surface area contributed by atoms with Gasteiger partial charge < -0.3 is 14.5 Å². The van der Waals surface area contributed by atoms with Gasteiger partial charge in [0.2, 0.25) is 5.91 Å². The molecule has 3 heterocycles. The summed E-state index contributed by atoms with van der Waals surface area (Å²) in [5, 5.41) is 0. The van der Waals surface area contributed by atoms with Gasteiger partial charge in [-0.05, 0) is 29.3 Å². The lowest BCUT2D eigenvalue weighted by atomic mass is 10.1. The van der Waals surface area contributed by atoms with Crippen molar-refractivity contribution in [1.82, 2.24) is 9.88 Å². The number of pyridine rings is 1. The lowest BCUT2D eigenvalue weighted by Crippen LogP contribution is -2.49. The molecule has 5 heteroatoms. The van der Waals surface area contributed by atoms with E-state index in [4.69, 9.17) is 4.74 Å². The van der Waals surface area contributed by atoms with Crippen LogP contribution in [0.5, 0.6) is 5.75 Å². The third-order valence-corrected chi connectivity index (χ3v) is 4.72. The monoisotopic (exact) mass is 323 g/mol. The molecule has 0 N–H and O–H groups in total. The summed E-state index contributed by atoms with van der Waals surface area (Å²) >= 11 is 0. The third-order valence-electron chi connectivity index (χ3n) is 4.72. The molecule has 5 nitrogen and oxygen atoms in total. The SMILES string of the molecule is O=C(Cc1ccc2c(c1)OCC2)N1CCN(c2ccccn2)CC1. The van der Waals surface area contributed by atoms with E-state index in [9.17, 15) is 4.79 Å². The Morgan fingerprint density at radius 1 is 1.12 bits per heavy atom. The first-order chi connectivity index (χ1) is 11.8. The molecule has 0 bridgehead atoms. The van der Waals surface area contributed by atoms with Crippen LogP contribution in [0.3, 0.4) is 0 Å². The molecule has 1 saturated heterocycles. The maximum atomic E-state index is 12.6. The van der Waals surface area contributed by atoms with Crippen molar-refractivity contribution >= 4 is 11.7 Å². The molecule has 24 heavy (non-hydrogen) atoms. The summed E-state index contributed by atoms with van der Waals surface area (Å²) in [6.07, 6.45) is 3.22. The second-order valence-corrected chi connectivity index (χ2v) is 6.27. The Bertz CT molecular complexity index is 725. The van der Waals surface area contributed by atoms with Crippen LogP contribution in [0.25, 0.3) is 0 Å². The molecule has 1 amide bonds. The molecule has 4 rings (SSSR count). The number of anilines is 1. The standard InChI is InChI=1S/C19H21N3O2/c23-19(14-15-4-5-16-6-12-24-17(16)13-15)22-10-8-21(9-11-22)18-3-1-2-7-20-18/h1-5,7,13H,6,8-12,14H2. The number of benzene rings is 1. The lowest BCUT2D eigenvalue weighted by molar-refractivity contribution is -0.130. The molecule has 1 aromatic carbocycles. The van der Waals surface area contributed by atoms with Crippen molar-refractivity contribution in [2.24, 2.45) is 0 Å². The fraction of sp³-hybridized carbons (Fsp3) is 0.368. The first-order valence-electron chi connectivity index (χ1n) is 8.48. The Balaban J connectivity index is 1.35. The Kier molecular flexibility index (Phi) is 4.07. The molecule has 2 aromatic rings. The fourth-order valence-corrected chi connectivity index (χ4v) is 3.33. The summed E-state index contributed by atoms with van der Waals surface area (Å²) in [6.45, 7) is 3.90. The van der Waals surface area contributed by atoms with E-state index in [-0.39, 0.29) is 5.91 Å². The van der Waals surface area contributed by atoms with Gasteiger partial charge in [-0.25, -0.2) is 4.98 Å². The van der Waals surface area contributed by atoms with Crippen molar-refractivity contribution in [3.63, 3.8) is 0 Å². The summed E-state index contributed by atoms with van der Waals surface area (Å²) in [5.41, 5.74) is 2.28. The predicted molar refractivity (Wildman–Crippen MR) is 92.4 cm³/mol. The van der Waals surface area contributed by atoms with Gasteiger partial charge in [-0.2, -0.15) is 0 Å². The van der Waals surface area contributed by atoms with E-state index >= 15 is 0 Å². The average Bonchev–Trinajstić information content (AvgIpc) is 3.10. The molecule has 0 radical (unpaired) electrons. The van der Waals surface area contributed by atoms with Crippen molar-refractivity contribution in [3.8, 4) is 5.75 Å². The van der Waals surface area contributed by atoms with Gasteiger partial charge in [0.05, 0.1) is 13.0 Å². The largest absolute Gasteiger partial charge is 0.493 e. The van der Waals surface area contributed by atoms with Gasteiger partial charge in [0.1, 0.15) is 11.6 Å². The zero-order valence-electron chi connectivity index (χ0n) is 13.6. The Morgan fingerprint density at radius 3 is 2.79 bits per heavy atom. The van der Waals surface area contributed by atoms with Gasteiger partial charge in [-0.3, -0.25) is 4.79 Å².